The second kappa shape index (κ2) is 3.09. The fourth-order valence-corrected chi connectivity index (χ4v) is 1.41. The number of rotatable bonds is 2. The van der Waals surface area contributed by atoms with Crippen LogP contribution >= 0.6 is 0 Å². The third-order valence-corrected chi connectivity index (χ3v) is 2.57. The molecule has 0 saturated carbocycles. The van der Waals surface area contributed by atoms with E-state index in [1.54, 1.807) is 0 Å². The Morgan fingerprint density at radius 2 is 2.27 bits per heavy atom. The zero-order chi connectivity index (χ0) is 8.48. The molecule has 0 aromatic rings. The van der Waals surface area contributed by atoms with E-state index in [2.05, 4.69) is 31.2 Å². The normalized spacial score (nSPS) is 27.8. The maximum Gasteiger partial charge on any atom is 0.0726 e. The van der Waals surface area contributed by atoms with E-state index in [0.717, 1.165) is 19.4 Å². The van der Waals surface area contributed by atoms with Crippen molar-refractivity contribution in [3.8, 4) is 0 Å². The number of hydrogen-bond acceptors (Lipinski definition) is 3. The summed E-state index contributed by atoms with van der Waals surface area (Å²) in [7, 11) is 0. The van der Waals surface area contributed by atoms with Crippen molar-refractivity contribution >= 4 is 0 Å². The molecular formula is C8H19N3. The van der Waals surface area contributed by atoms with Crippen LogP contribution in [0.4, 0.5) is 0 Å². The molecule has 0 spiro atoms. The van der Waals surface area contributed by atoms with Gasteiger partial charge in [-0.25, -0.2) is 5.01 Å². The van der Waals surface area contributed by atoms with Crippen LogP contribution in [0.15, 0.2) is 0 Å². The monoisotopic (exact) mass is 157 g/mol. The molecule has 0 aliphatic carbocycles. The molecule has 1 saturated heterocycles. The third-order valence-electron chi connectivity index (χ3n) is 2.57. The number of nitrogens with two attached hydrogens (primary N) is 1. The lowest BCUT2D eigenvalue weighted by molar-refractivity contribution is 0.0542. The molecule has 1 atom stereocenters. The topological polar surface area (TPSA) is 41.3 Å². The van der Waals surface area contributed by atoms with Crippen molar-refractivity contribution in [3.63, 3.8) is 0 Å². The van der Waals surface area contributed by atoms with Gasteiger partial charge in [-0.15, -0.1) is 0 Å². The molecule has 0 radical (unpaired) electrons. The number of hydrazine groups is 1. The largest absolute Gasteiger partial charge is 0.315 e. The molecule has 3 heteroatoms. The molecule has 0 aromatic carbocycles. The molecule has 0 bridgehead atoms. The van der Waals surface area contributed by atoms with Crippen LogP contribution in [0.5, 0.6) is 0 Å². The predicted octanol–water partition coefficient (Wildman–Crippen LogP) is 0.670. The van der Waals surface area contributed by atoms with Gasteiger partial charge in [0.1, 0.15) is 0 Å². The van der Waals surface area contributed by atoms with E-state index in [4.69, 9.17) is 5.73 Å². The van der Waals surface area contributed by atoms with Gasteiger partial charge in [-0.05, 0) is 26.7 Å². The van der Waals surface area contributed by atoms with Crippen LogP contribution in [0.1, 0.15) is 33.6 Å². The van der Waals surface area contributed by atoms with Crippen molar-refractivity contribution in [1.82, 2.24) is 10.4 Å². The molecule has 1 aliphatic heterocycles. The van der Waals surface area contributed by atoms with Crippen LogP contribution < -0.4 is 11.2 Å². The molecule has 1 fully saturated rings. The lowest BCUT2D eigenvalue weighted by atomic mass is 10.0. The molecule has 1 aliphatic rings. The van der Waals surface area contributed by atoms with Crippen molar-refractivity contribution in [2.75, 3.05) is 6.54 Å². The van der Waals surface area contributed by atoms with E-state index in [0.29, 0.717) is 0 Å². The van der Waals surface area contributed by atoms with Crippen molar-refractivity contribution < 1.29 is 0 Å². The van der Waals surface area contributed by atoms with E-state index in [-0.39, 0.29) is 11.7 Å². The van der Waals surface area contributed by atoms with Crippen LogP contribution in [0.3, 0.4) is 0 Å². The molecule has 3 N–H and O–H groups in total. The summed E-state index contributed by atoms with van der Waals surface area (Å²) in [6.07, 6.45) is 2.38. The molecule has 1 rings (SSSR count). The maximum absolute atomic E-state index is 5.90. The first-order valence-corrected chi connectivity index (χ1v) is 4.36. The van der Waals surface area contributed by atoms with Gasteiger partial charge in [-0.3, -0.25) is 5.43 Å². The van der Waals surface area contributed by atoms with Gasteiger partial charge in [0, 0.05) is 12.1 Å². The zero-order valence-electron chi connectivity index (χ0n) is 7.72. The molecule has 66 valence electrons. The first-order valence-electron chi connectivity index (χ1n) is 4.36. The Kier molecular flexibility index (Phi) is 2.52. The number of nitrogens with one attached hydrogen (secondary N) is 1. The number of nitrogens with zero attached hydrogens (tertiary/aromatic N) is 1. The van der Waals surface area contributed by atoms with E-state index < -0.39 is 0 Å². The summed E-state index contributed by atoms with van der Waals surface area (Å²) in [4.78, 5) is 0. The maximum atomic E-state index is 5.90. The second-order valence-electron chi connectivity index (χ2n) is 3.80. The lowest BCUT2D eigenvalue weighted by Crippen LogP contribution is -2.54. The van der Waals surface area contributed by atoms with Crippen LogP contribution in [0.2, 0.25) is 0 Å². The van der Waals surface area contributed by atoms with E-state index in [1.165, 1.54) is 0 Å². The summed E-state index contributed by atoms with van der Waals surface area (Å²) in [6, 6.07) is 0. The van der Waals surface area contributed by atoms with Crippen molar-refractivity contribution in [3.05, 3.63) is 0 Å². The van der Waals surface area contributed by atoms with Gasteiger partial charge in [0.05, 0.1) is 6.17 Å². The van der Waals surface area contributed by atoms with Gasteiger partial charge < -0.3 is 5.73 Å². The van der Waals surface area contributed by atoms with E-state index in [1.807, 2.05) is 0 Å². The summed E-state index contributed by atoms with van der Waals surface area (Å²) in [5.41, 5.74) is 9.40. The average molecular weight is 157 g/mol. The van der Waals surface area contributed by atoms with E-state index in [9.17, 15) is 0 Å². The molecule has 1 heterocycles. The second-order valence-corrected chi connectivity index (χ2v) is 3.80. The summed E-state index contributed by atoms with van der Waals surface area (Å²) in [6.45, 7) is 7.63. The highest BCUT2D eigenvalue weighted by Gasteiger charge is 2.32. The molecule has 3 nitrogen and oxygen atoms in total. The Morgan fingerprint density at radius 3 is 2.64 bits per heavy atom. The first-order chi connectivity index (χ1) is 5.08. The Balaban J connectivity index is 2.58. The molecule has 0 amide bonds. The van der Waals surface area contributed by atoms with Gasteiger partial charge in [0.25, 0.3) is 0 Å². The Morgan fingerprint density at radius 1 is 1.64 bits per heavy atom. The Bertz CT molecular complexity index is 133. The quantitative estimate of drug-likeness (QED) is 0.619. The highest BCUT2D eigenvalue weighted by atomic mass is 15.6. The van der Waals surface area contributed by atoms with Crippen molar-refractivity contribution in [2.24, 2.45) is 5.73 Å². The highest BCUT2D eigenvalue weighted by molar-refractivity contribution is 4.84. The van der Waals surface area contributed by atoms with Crippen molar-refractivity contribution in [1.29, 1.82) is 0 Å². The molecular weight excluding hydrogens is 138 g/mol. The summed E-state index contributed by atoms with van der Waals surface area (Å²) >= 11 is 0. The van der Waals surface area contributed by atoms with Crippen LogP contribution in [-0.4, -0.2) is 23.3 Å². The average Bonchev–Trinajstić information content (AvgIpc) is 2.36. The minimum atomic E-state index is 0.190. The zero-order valence-corrected chi connectivity index (χ0v) is 7.72. The fraction of sp³-hybridized carbons (Fsp3) is 1.00. The van der Waals surface area contributed by atoms with Crippen molar-refractivity contribution in [2.45, 2.75) is 45.3 Å². The minimum absolute atomic E-state index is 0.190. The predicted molar refractivity (Wildman–Crippen MR) is 46.8 cm³/mol. The van der Waals surface area contributed by atoms with Crippen LogP contribution in [0.25, 0.3) is 0 Å². The summed E-state index contributed by atoms with van der Waals surface area (Å²) < 4.78 is 0. The summed E-state index contributed by atoms with van der Waals surface area (Å²) in [5, 5.41) is 2.17. The third kappa shape index (κ3) is 1.72. The molecule has 1 unspecified atom stereocenters. The lowest BCUT2D eigenvalue weighted by Gasteiger charge is -2.37. The summed E-state index contributed by atoms with van der Waals surface area (Å²) in [5.74, 6) is 0. The number of hydrogen-bond donors (Lipinski definition) is 2. The van der Waals surface area contributed by atoms with Gasteiger partial charge >= 0.3 is 0 Å². The molecule has 0 aromatic heterocycles. The SMILES string of the molecule is CCC(C)(C)N1NCCC1N. The minimum Gasteiger partial charge on any atom is -0.315 e. The molecule has 11 heavy (non-hydrogen) atoms. The van der Waals surface area contributed by atoms with Gasteiger partial charge in [0.15, 0.2) is 0 Å². The highest BCUT2D eigenvalue weighted by Crippen LogP contribution is 2.21. The fourth-order valence-electron chi connectivity index (χ4n) is 1.41. The van der Waals surface area contributed by atoms with Crippen LogP contribution in [0, 0.1) is 0 Å². The van der Waals surface area contributed by atoms with Gasteiger partial charge in [-0.1, -0.05) is 6.92 Å². The first kappa shape index (κ1) is 8.97. The standard InChI is InChI=1S/C8H19N3/c1-4-8(2,3)11-7(9)5-6-10-11/h7,10H,4-6,9H2,1-3H3. The van der Waals surface area contributed by atoms with E-state index >= 15 is 0 Å². The van der Waals surface area contributed by atoms with Crippen LogP contribution in [-0.2, 0) is 0 Å². The Labute approximate surface area is 68.9 Å². The van der Waals surface area contributed by atoms with Gasteiger partial charge in [0.2, 0.25) is 0 Å². The smallest absolute Gasteiger partial charge is 0.0726 e. The Hall–Kier alpha value is -0.120. The van der Waals surface area contributed by atoms with Gasteiger partial charge in [-0.2, -0.15) is 0 Å².